The predicted octanol–water partition coefficient (Wildman–Crippen LogP) is 1.06. The number of rotatable bonds is 7. The highest BCUT2D eigenvalue weighted by Gasteiger charge is 2.72. The summed E-state index contributed by atoms with van der Waals surface area (Å²) < 4.78 is 11.8. The summed E-state index contributed by atoms with van der Waals surface area (Å²) >= 11 is 0. The molecule has 5 rings (SSSR count). The van der Waals surface area contributed by atoms with E-state index >= 15 is 0 Å². The molecule has 2 aliphatic heterocycles. The lowest BCUT2D eigenvalue weighted by Gasteiger charge is -2.62. The van der Waals surface area contributed by atoms with Gasteiger partial charge in [-0.05, 0) is 50.4 Å². The number of likely N-dealkylation sites (tertiary alicyclic amines) is 1. The number of aliphatic hydroxyl groups is 1. The van der Waals surface area contributed by atoms with Gasteiger partial charge < -0.3 is 29.9 Å². The largest absolute Gasteiger partial charge is 0.480 e. The van der Waals surface area contributed by atoms with Crippen molar-refractivity contribution in [2.45, 2.75) is 81.6 Å². The number of hydrogen-bond acceptors (Lipinski definition) is 8. The first-order chi connectivity index (χ1) is 17.0. The van der Waals surface area contributed by atoms with Gasteiger partial charge in [-0.2, -0.15) is 13.5 Å². The number of nitrogens with zero attached hydrogens (tertiary/aromatic N) is 1. The van der Waals surface area contributed by atoms with E-state index in [1.165, 1.54) is 0 Å². The van der Waals surface area contributed by atoms with Crippen LogP contribution < -0.4 is 14.8 Å². The molecule has 2 aliphatic carbocycles. The Morgan fingerprint density at radius 1 is 1.24 bits per heavy atom. The summed E-state index contributed by atoms with van der Waals surface area (Å²) in [4.78, 5) is 51.3. The first-order valence-corrected chi connectivity index (χ1v) is 12.5. The lowest BCUT2D eigenvalue weighted by molar-refractivity contribution is -0.185. The summed E-state index contributed by atoms with van der Waals surface area (Å²) in [6.45, 7) is 4.08. The van der Waals surface area contributed by atoms with Gasteiger partial charge >= 0.3 is 11.9 Å². The molecule has 1 aromatic rings. The van der Waals surface area contributed by atoms with Crippen LogP contribution in [-0.4, -0.2) is 76.1 Å². The van der Waals surface area contributed by atoms with Crippen molar-refractivity contribution in [1.82, 2.24) is 10.2 Å². The van der Waals surface area contributed by atoms with Crippen LogP contribution in [0.15, 0.2) is 12.1 Å². The van der Waals surface area contributed by atoms with Crippen molar-refractivity contribution < 1.29 is 38.9 Å². The fourth-order valence-corrected chi connectivity index (χ4v) is 6.75. The van der Waals surface area contributed by atoms with Crippen molar-refractivity contribution in [1.29, 1.82) is 0 Å². The van der Waals surface area contributed by atoms with Gasteiger partial charge in [0.1, 0.15) is 6.04 Å². The van der Waals surface area contributed by atoms with Gasteiger partial charge in [-0.3, -0.25) is 14.4 Å². The number of carbonyl (C=O) groups is 4. The second-order valence-electron chi connectivity index (χ2n) is 10.8. The van der Waals surface area contributed by atoms with Gasteiger partial charge in [-0.25, -0.2) is 4.79 Å². The Morgan fingerprint density at radius 3 is 2.65 bits per heavy atom. The summed E-state index contributed by atoms with van der Waals surface area (Å²) in [5, 5.41) is 23.7. The summed E-state index contributed by atoms with van der Waals surface area (Å²) in [6.07, 6.45) is 0.463. The number of likely N-dealkylation sites (N-methyl/N-ethyl adjacent to an activating group) is 1. The third-order valence-electron chi connectivity index (χ3n) is 8.54. The van der Waals surface area contributed by atoms with E-state index < -0.39 is 41.0 Å². The van der Waals surface area contributed by atoms with Crippen molar-refractivity contribution in [3.8, 4) is 11.5 Å². The average Bonchev–Trinajstić information content (AvgIpc) is 3.18. The number of nitrogens with one attached hydrogen (secondary N) is 1. The smallest absolute Gasteiger partial charge is 0.326 e. The van der Waals surface area contributed by atoms with Gasteiger partial charge in [0.25, 0.3) is 0 Å². The minimum absolute atomic E-state index is 0. The average molecular weight is 535 g/mol. The molecule has 2 fully saturated rings. The second-order valence-corrected chi connectivity index (χ2v) is 10.8. The normalized spacial score (nSPS) is 30.0. The van der Waals surface area contributed by atoms with Crippen molar-refractivity contribution in [2.24, 2.45) is 5.92 Å². The molecule has 4 aliphatic rings. The fraction of sp³-hybridized carbons (Fsp3) is 0.615. The van der Waals surface area contributed by atoms with Crippen LogP contribution in [0.4, 0.5) is 0 Å². The SMILES string of the molecule is CC(C)C(NC(=O)CCC(=O)Oc1ccc2c3c1OC1C(=O)CC[C@@]4(O)[C@@H](C2)N(C)CC[C@]314)C(=O)O.S. The zero-order valence-electron chi connectivity index (χ0n) is 21.2. The molecule has 1 aromatic carbocycles. The maximum absolute atomic E-state index is 13.0. The minimum Gasteiger partial charge on any atom is -0.480 e. The first-order valence-electron chi connectivity index (χ1n) is 12.5. The number of carboxylic acid groups (broad SMARTS) is 1. The molecule has 0 aromatic heterocycles. The predicted molar refractivity (Wildman–Crippen MR) is 136 cm³/mol. The van der Waals surface area contributed by atoms with Crippen LogP contribution in [-0.2, 0) is 31.0 Å². The monoisotopic (exact) mass is 534 g/mol. The Kier molecular flexibility index (Phi) is 7.11. The van der Waals surface area contributed by atoms with Gasteiger partial charge in [0.05, 0.1) is 17.4 Å². The number of aliphatic carboxylic acids is 1. The van der Waals surface area contributed by atoms with E-state index in [0.29, 0.717) is 31.6 Å². The maximum Gasteiger partial charge on any atom is 0.326 e. The van der Waals surface area contributed by atoms with Gasteiger partial charge in [0.15, 0.2) is 23.4 Å². The Bertz CT molecular complexity index is 1160. The van der Waals surface area contributed by atoms with Gasteiger partial charge in [0.2, 0.25) is 5.91 Å². The van der Waals surface area contributed by atoms with E-state index in [0.717, 1.165) is 11.1 Å². The molecule has 202 valence electrons. The summed E-state index contributed by atoms with van der Waals surface area (Å²) in [7, 11) is 1.99. The van der Waals surface area contributed by atoms with Crippen molar-refractivity contribution >= 4 is 37.1 Å². The number of amides is 1. The molecule has 2 heterocycles. The molecule has 11 heteroatoms. The third kappa shape index (κ3) is 4.02. The second kappa shape index (κ2) is 9.59. The number of esters is 1. The van der Waals surface area contributed by atoms with Gasteiger partial charge in [-0.1, -0.05) is 19.9 Å². The van der Waals surface area contributed by atoms with Gasteiger partial charge in [-0.15, -0.1) is 0 Å². The van der Waals surface area contributed by atoms with E-state index in [1.54, 1.807) is 19.9 Å². The van der Waals surface area contributed by atoms with E-state index in [9.17, 15) is 29.4 Å². The molecule has 5 atom stereocenters. The summed E-state index contributed by atoms with van der Waals surface area (Å²) in [5.74, 6) is -2.23. The Morgan fingerprint density at radius 2 is 1.97 bits per heavy atom. The van der Waals surface area contributed by atoms with Crippen molar-refractivity contribution in [2.75, 3.05) is 13.6 Å². The van der Waals surface area contributed by atoms with Crippen LogP contribution in [0.2, 0.25) is 0 Å². The lowest BCUT2D eigenvalue weighted by Crippen LogP contribution is -2.76. The zero-order chi connectivity index (χ0) is 26.0. The molecule has 2 bridgehead atoms. The van der Waals surface area contributed by atoms with Crippen LogP contribution in [0.5, 0.6) is 11.5 Å². The Hall–Kier alpha value is -2.63. The fourth-order valence-electron chi connectivity index (χ4n) is 6.75. The molecule has 10 nitrogen and oxygen atoms in total. The molecule has 1 saturated heterocycles. The number of benzene rings is 1. The molecule has 1 spiro atoms. The molecule has 1 amide bonds. The molecular weight excluding hydrogens is 500 g/mol. The highest BCUT2D eigenvalue weighted by atomic mass is 32.1. The first kappa shape index (κ1) is 27.4. The number of carboxylic acids is 1. The van der Waals surface area contributed by atoms with E-state index in [2.05, 4.69) is 10.2 Å². The molecule has 3 N–H and O–H groups in total. The highest BCUT2D eigenvalue weighted by Crippen LogP contribution is 2.64. The standard InChI is InChI=1S/C26H32N2O8.H2S/c1-13(2)21(24(32)33)27-18(30)6-7-19(31)35-16-5-4-14-12-17-26(34)9-8-15(29)23-25(26,10-11-28(17)3)20(14)22(16)36-23;/h4-5,13,17,21,23,34H,6-12H2,1-3H3,(H,27,30)(H,32,33);1H2/t17-,21?,23?,25+,26-;/m1./s1. The van der Waals surface area contributed by atoms with Crippen LogP contribution in [0, 0.1) is 5.92 Å². The number of piperidine rings is 1. The van der Waals surface area contributed by atoms with Crippen LogP contribution >= 0.6 is 13.5 Å². The molecule has 2 unspecified atom stereocenters. The highest BCUT2D eigenvalue weighted by molar-refractivity contribution is 7.59. The lowest BCUT2D eigenvalue weighted by atomic mass is 9.49. The van der Waals surface area contributed by atoms with Crippen molar-refractivity contribution in [3.05, 3.63) is 23.3 Å². The zero-order valence-corrected chi connectivity index (χ0v) is 22.2. The number of ether oxygens (including phenoxy) is 2. The van der Waals surface area contributed by atoms with Crippen LogP contribution in [0.25, 0.3) is 0 Å². The van der Waals surface area contributed by atoms with Crippen molar-refractivity contribution in [3.63, 3.8) is 0 Å². The van der Waals surface area contributed by atoms with E-state index in [-0.39, 0.29) is 56.3 Å². The van der Waals surface area contributed by atoms with Crippen LogP contribution in [0.3, 0.4) is 0 Å². The number of Topliss-reactive ketones (excluding diaryl/α,β-unsaturated/α-hetero) is 1. The maximum atomic E-state index is 13.0. The summed E-state index contributed by atoms with van der Waals surface area (Å²) in [5.41, 5.74) is -0.227. The molecule has 1 saturated carbocycles. The molecular formula is C26H34N2O8S. The topological polar surface area (TPSA) is 142 Å². The number of hydrogen-bond donors (Lipinski definition) is 3. The van der Waals surface area contributed by atoms with E-state index in [1.807, 2.05) is 13.1 Å². The van der Waals surface area contributed by atoms with Gasteiger partial charge in [0, 0.05) is 24.4 Å². The minimum atomic E-state index is -1.14. The Labute approximate surface area is 222 Å². The molecule has 37 heavy (non-hydrogen) atoms. The molecule has 0 radical (unpaired) electrons. The number of carbonyl (C=O) groups excluding carboxylic acids is 3. The quantitative estimate of drug-likeness (QED) is 0.346. The van der Waals surface area contributed by atoms with E-state index in [4.69, 9.17) is 9.47 Å². The Balaban J connectivity index is 0.00000320. The summed E-state index contributed by atoms with van der Waals surface area (Å²) in [6, 6.07) is 2.34. The number of ketones is 1. The van der Waals surface area contributed by atoms with Crippen LogP contribution in [0.1, 0.15) is 57.1 Å². The third-order valence-corrected chi connectivity index (χ3v) is 8.54.